The third-order valence-corrected chi connectivity index (χ3v) is 5.32. The third-order valence-electron chi connectivity index (χ3n) is 5.32. The highest BCUT2D eigenvalue weighted by Gasteiger charge is 2.43. The quantitative estimate of drug-likeness (QED) is 0.367. The van der Waals surface area contributed by atoms with Gasteiger partial charge in [-0.25, -0.2) is 0 Å². The molecule has 0 unspecified atom stereocenters. The molecule has 2 heterocycles. The van der Waals surface area contributed by atoms with Crippen LogP contribution in [0.3, 0.4) is 0 Å². The summed E-state index contributed by atoms with van der Waals surface area (Å²) in [6, 6.07) is 8.00. The Morgan fingerprint density at radius 3 is 2.34 bits per heavy atom. The van der Waals surface area contributed by atoms with Gasteiger partial charge in [-0.05, 0) is 31.2 Å². The van der Waals surface area contributed by atoms with Crippen molar-refractivity contribution in [1.29, 1.82) is 0 Å². The molecule has 1 fully saturated rings. The Bertz CT molecular complexity index is 1200. The van der Waals surface area contributed by atoms with E-state index in [9.17, 15) is 30.3 Å². The second-order valence-corrected chi connectivity index (χ2v) is 7.48. The summed E-state index contributed by atoms with van der Waals surface area (Å²) in [5.74, 6) is -0.334. The van der Waals surface area contributed by atoms with Gasteiger partial charge in [0.2, 0.25) is 6.29 Å². The molecule has 1 aliphatic rings. The third kappa shape index (κ3) is 3.84. The molecule has 0 spiro atoms. The summed E-state index contributed by atoms with van der Waals surface area (Å²) in [5.41, 5.74) is 0.0872. The molecule has 5 atom stereocenters. The number of ether oxygens (including phenoxy) is 3. The second kappa shape index (κ2) is 8.32. The standard InChI is InChI=1S/C22H22O10/c1-9-19(26)20(27)21(28)22(30-9)32-18-8-16-11(6-17(18)29-2)13(24)7-15(31-16)10-3-4-12(23)14(25)5-10/h3-9,19-23,25-28H,1-2H3/t9-,19-,20+,21+,22-/m0/s1. The van der Waals surface area contributed by atoms with E-state index < -0.39 is 30.7 Å². The summed E-state index contributed by atoms with van der Waals surface area (Å²) in [4.78, 5) is 12.7. The van der Waals surface area contributed by atoms with Crippen LogP contribution in [0.4, 0.5) is 0 Å². The van der Waals surface area contributed by atoms with Crippen molar-refractivity contribution >= 4 is 11.0 Å². The van der Waals surface area contributed by atoms with Crippen LogP contribution in [0.2, 0.25) is 0 Å². The topological polar surface area (TPSA) is 159 Å². The smallest absolute Gasteiger partial charge is 0.229 e. The zero-order chi connectivity index (χ0) is 23.2. The van der Waals surface area contributed by atoms with Gasteiger partial charge in [0.15, 0.2) is 28.4 Å². The molecule has 3 aromatic rings. The number of aliphatic hydroxyl groups is 3. The zero-order valence-electron chi connectivity index (χ0n) is 17.1. The minimum atomic E-state index is -1.54. The molecule has 1 saturated heterocycles. The normalized spacial score (nSPS) is 25.6. The van der Waals surface area contributed by atoms with Crippen molar-refractivity contribution in [2.75, 3.05) is 7.11 Å². The van der Waals surface area contributed by atoms with Crippen molar-refractivity contribution < 1.29 is 44.2 Å². The Labute approximate surface area is 181 Å². The molecule has 10 heteroatoms. The number of aromatic hydroxyl groups is 2. The Kier molecular flexibility index (Phi) is 5.70. The molecular weight excluding hydrogens is 424 g/mol. The SMILES string of the molecule is COc1cc2c(=O)cc(-c3ccc(O)c(O)c3)oc2cc1O[C@@H]1O[C@@H](C)[C@H](O)[C@@H](O)[C@H]1O. The van der Waals surface area contributed by atoms with Crippen molar-refractivity contribution in [2.24, 2.45) is 0 Å². The van der Waals surface area contributed by atoms with E-state index in [1.807, 2.05) is 0 Å². The number of aliphatic hydroxyl groups excluding tert-OH is 3. The van der Waals surface area contributed by atoms with Crippen LogP contribution < -0.4 is 14.9 Å². The number of phenolic OH excluding ortho intramolecular Hbond substituents is 2. The monoisotopic (exact) mass is 446 g/mol. The summed E-state index contributed by atoms with van der Waals surface area (Å²) in [6.07, 6.45) is -6.44. The summed E-state index contributed by atoms with van der Waals surface area (Å²) in [5, 5.41) is 49.5. The van der Waals surface area contributed by atoms with E-state index in [1.54, 1.807) is 0 Å². The highest BCUT2D eigenvalue weighted by atomic mass is 16.7. The molecule has 0 saturated carbocycles. The fourth-order valence-corrected chi connectivity index (χ4v) is 3.47. The van der Waals surface area contributed by atoms with E-state index in [2.05, 4.69) is 0 Å². The molecule has 1 aliphatic heterocycles. The van der Waals surface area contributed by atoms with Crippen LogP contribution in [0.25, 0.3) is 22.3 Å². The van der Waals surface area contributed by atoms with E-state index in [0.29, 0.717) is 5.56 Å². The van der Waals surface area contributed by atoms with Gasteiger partial charge in [-0.1, -0.05) is 0 Å². The highest BCUT2D eigenvalue weighted by molar-refractivity contribution is 5.82. The number of hydrogen-bond acceptors (Lipinski definition) is 10. The lowest BCUT2D eigenvalue weighted by molar-refractivity contribution is -0.268. The first-order valence-corrected chi connectivity index (χ1v) is 9.74. The number of methoxy groups -OCH3 is 1. The fourth-order valence-electron chi connectivity index (χ4n) is 3.47. The van der Waals surface area contributed by atoms with Gasteiger partial charge in [0, 0.05) is 17.7 Å². The van der Waals surface area contributed by atoms with Crippen molar-refractivity contribution in [1.82, 2.24) is 0 Å². The van der Waals surface area contributed by atoms with Crippen LogP contribution in [0.1, 0.15) is 6.92 Å². The lowest BCUT2D eigenvalue weighted by Gasteiger charge is -2.39. The lowest BCUT2D eigenvalue weighted by Crippen LogP contribution is -2.58. The van der Waals surface area contributed by atoms with E-state index >= 15 is 0 Å². The minimum Gasteiger partial charge on any atom is -0.504 e. The Morgan fingerprint density at radius 1 is 0.906 bits per heavy atom. The van der Waals surface area contributed by atoms with Crippen molar-refractivity contribution in [3.05, 3.63) is 46.6 Å². The maximum Gasteiger partial charge on any atom is 0.229 e. The van der Waals surface area contributed by atoms with Gasteiger partial charge in [-0.2, -0.15) is 0 Å². The van der Waals surface area contributed by atoms with Gasteiger partial charge >= 0.3 is 0 Å². The minimum absolute atomic E-state index is 0.0636. The van der Waals surface area contributed by atoms with Crippen LogP contribution in [0, 0.1) is 0 Å². The summed E-state index contributed by atoms with van der Waals surface area (Å²) in [6.45, 7) is 1.52. The molecule has 2 aromatic carbocycles. The molecule has 5 N–H and O–H groups in total. The molecule has 0 aliphatic carbocycles. The molecule has 0 amide bonds. The van der Waals surface area contributed by atoms with Crippen molar-refractivity contribution in [3.63, 3.8) is 0 Å². The van der Waals surface area contributed by atoms with Crippen LogP contribution in [-0.4, -0.2) is 63.3 Å². The second-order valence-electron chi connectivity index (χ2n) is 7.48. The first-order valence-electron chi connectivity index (χ1n) is 9.74. The molecule has 10 nitrogen and oxygen atoms in total. The summed E-state index contributed by atoms with van der Waals surface area (Å²) >= 11 is 0. The van der Waals surface area contributed by atoms with Gasteiger partial charge < -0.3 is 44.2 Å². The summed E-state index contributed by atoms with van der Waals surface area (Å²) < 4.78 is 22.3. The number of benzene rings is 2. The van der Waals surface area contributed by atoms with Crippen molar-refractivity contribution in [2.45, 2.75) is 37.6 Å². The average Bonchev–Trinajstić information content (AvgIpc) is 2.77. The Morgan fingerprint density at radius 2 is 1.66 bits per heavy atom. The largest absolute Gasteiger partial charge is 0.504 e. The van der Waals surface area contributed by atoms with E-state index in [0.717, 1.165) is 0 Å². The maximum absolute atomic E-state index is 12.7. The van der Waals surface area contributed by atoms with Gasteiger partial charge in [-0.15, -0.1) is 0 Å². The number of fused-ring (bicyclic) bond motifs is 1. The van der Waals surface area contributed by atoms with Gasteiger partial charge in [0.05, 0.1) is 18.6 Å². The Hall–Kier alpha value is -3.31. The molecule has 1 aromatic heterocycles. The average molecular weight is 446 g/mol. The van der Waals surface area contributed by atoms with Gasteiger partial charge in [0.25, 0.3) is 0 Å². The highest BCUT2D eigenvalue weighted by Crippen LogP contribution is 2.36. The summed E-state index contributed by atoms with van der Waals surface area (Å²) in [7, 11) is 1.36. The first kappa shape index (κ1) is 21.9. The molecule has 4 rings (SSSR count). The number of hydrogen-bond donors (Lipinski definition) is 5. The van der Waals surface area contributed by atoms with Crippen LogP contribution >= 0.6 is 0 Å². The Balaban J connectivity index is 1.76. The van der Waals surface area contributed by atoms with Gasteiger partial charge in [-0.3, -0.25) is 4.79 Å². The predicted octanol–water partition coefficient (Wildman–Crippen LogP) is 1.09. The van der Waals surface area contributed by atoms with Crippen LogP contribution in [0.5, 0.6) is 23.0 Å². The molecule has 32 heavy (non-hydrogen) atoms. The van der Waals surface area contributed by atoms with E-state index in [-0.39, 0.29) is 45.2 Å². The molecule has 0 radical (unpaired) electrons. The van der Waals surface area contributed by atoms with Gasteiger partial charge in [0.1, 0.15) is 29.7 Å². The number of rotatable bonds is 4. The molecular formula is C22H22O10. The fraction of sp³-hybridized carbons (Fsp3) is 0.318. The van der Waals surface area contributed by atoms with E-state index in [4.69, 9.17) is 18.6 Å². The van der Waals surface area contributed by atoms with Crippen molar-refractivity contribution in [3.8, 4) is 34.3 Å². The number of phenols is 2. The predicted molar refractivity (Wildman–Crippen MR) is 111 cm³/mol. The first-order chi connectivity index (χ1) is 15.2. The van der Waals surface area contributed by atoms with E-state index in [1.165, 1.54) is 50.4 Å². The van der Waals surface area contributed by atoms with Crippen LogP contribution in [-0.2, 0) is 4.74 Å². The zero-order valence-corrected chi connectivity index (χ0v) is 17.1. The molecule has 0 bridgehead atoms. The lowest BCUT2D eigenvalue weighted by atomic mass is 10.00. The van der Waals surface area contributed by atoms with Crippen LogP contribution in [0.15, 0.2) is 45.6 Å². The maximum atomic E-state index is 12.7. The molecule has 170 valence electrons.